The van der Waals surface area contributed by atoms with E-state index in [4.69, 9.17) is 0 Å². The highest BCUT2D eigenvalue weighted by atomic mass is 16.1. The van der Waals surface area contributed by atoms with Gasteiger partial charge >= 0.3 is 0 Å². The maximum Gasteiger partial charge on any atom is 0.194 e. The summed E-state index contributed by atoms with van der Waals surface area (Å²) in [5.41, 5.74) is 5.85. The largest absolute Gasteiger partial charge is 0.289 e. The fourth-order valence-electron chi connectivity index (χ4n) is 6.31. The fraction of sp³-hybridized carbons (Fsp3) is 0. The first-order chi connectivity index (χ1) is 23.6. The minimum absolute atomic E-state index is 0.194. The van der Waals surface area contributed by atoms with Crippen LogP contribution in [-0.4, -0.2) is 17.3 Å². The molecule has 0 fully saturated rings. The van der Waals surface area contributed by atoms with Crippen LogP contribution in [0.25, 0.3) is 33.4 Å². The van der Waals surface area contributed by atoms with Crippen LogP contribution in [0.2, 0.25) is 0 Å². The Morgan fingerprint density at radius 3 is 0.812 bits per heavy atom. The van der Waals surface area contributed by atoms with Gasteiger partial charge in [0.1, 0.15) is 0 Å². The Morgan fingerprint density at radius 1 is 0.250 bits per heavy atom. The van der Waals surface area contributed by atoms with Crippen LogP contribution >= 0.6 is 0 Å². The molecule has 228 valence electrons. The average molecular weight is 619 g/mol. The van der Waals surface area contributed by atoms with E-state index < -0.39 is 0 Å². The summed E-state index contributed by atoms with van der Waals surface area (Å²) in [7, 11) is 0. The molecule has 7 rings (SSSR count). The third kappa shape index (κ3) is 5.70. The molecule has 0 atom stereocenters. The molecule has 0 N–H and O–H groups in total. The van der Waals surface area contributed by atoms with Crippen molar-refractivity contribution in [3.05, 3.63) is 215 Å². The molecule has 0 bridgehead atoms. The van der Waals surface area contributed by atoms with E-state index in [0.717, 1.165) is 11.1 Å². The number of benzene rings is 7. The molecule has 0 aromatic heterocycles. The molecule has 7 aromatic carbocycles. The van der Waals surface area contributed by atoms with E-state index in [2.05, 4.69) is 0 Å². The predicted octanol–water partition coefficient (Wildman–Crippen LogP) is 10.4. The third-order valence-electron chi connectivity index (χ3n) is 8.48. The van der Waals surface area contributed by atoms with Crippen LogP contribution in [-0.2, 0) is 0 Å². The van der Waals surface area contributed by atoms with Crippen molar-refractivity contribution in [2.24, 2.45) is 0 Å². The highest BCUT2D eigenvalue weighted by Gasteiger charge is 2.35. The maximum absolute atomic E-state index is 15.1. The monoisotopic (exact) mass is 618 g/mol. The number of carbonyl (C=O) groups is 3. The number of ketones is 3. The van der Waals surface area contributed by atoms with Crippen molar-refractivity contribution in [1.29, 1.82) is 0 Å². The van der Waals surface area contributed by atoms with E-state index in [9.17, 15) is 0 Å². The molecule has 0 aliphatic carbocycles. The van der Waals surface area contributed by atoms with Crippen molar-refractivity contribution in [1.82, 2.24) is 0 Å². The quantitative estimate of drug-likeness (QED) is 0.151. The van der Waals surface area contributed by atoms with Crippen LogP contribution in [0.15, 0.2) is 182 Å². The molecule has 3 nitrogen and oxygen atoms in total. The Balaban J connectivity index is 1.77. The van der Waals surface area contributed by atoms with E-state index in [-0.39, 0.29) is 28.5 Å². The standard InChI is InChI=1S/C45H30O3/c46-43(34-25-13-4-14-26-34)40-37(31-19-7-1-8-20-31)38(32-21-9-2-10-22-32)41(44(47)35-27-15-5-16-28-35)42(39(40)33-23-11-3-12-24-33)45(48)36-29-17-6-18-30-36/h1-30H. The number of hydrogen-bond acceptors (Lipinski definition) is 3. The summed E-state index contributed by atoms with van der Waals surface area (Å²) < 4.78 is 0. The molecule has 48 heavy (non-hydrogen) atoms. The highest BCUT2D eigenvalue weighted by Crippen LogP contribution is 2.47. The van der Waals surface area contributed by atoms with Crippen LogP contribution in [0.4, 0.5) is 0 Å². The van der Waals surface area contributed by atoms with Crippen LogP contribution in [0.5, 0.6) is 0 Å². The van der Waals surface area contributed by atoms with Crippen molar-refractivity contribution >= 4 is 17.3 Å². The number of hydrogen-bond donors (Lipinski definition) is 0. The Kier molecular flexibility index (Phi) is 8.50. The van der Waals surface area contributed by atoms with E-state index in [0.29, 0.717) is 44.5 Å². The number of rotatable bonds is 9. The van der Waals surface area contributed by atoms with E-state index >= 15 is 14.4 Å². The summed E-state index contributed by atoms with van der Waals surface area (Å²) in [6, 6.07) is 55.8. The van der Waals surface area contributed by atoms with E-state index in [1.807, 2.05) is 133 Å². The number of carbonyl (C=O) groups excluding carboxylic acids is 3. The lowest BCUT2D eigenvalue weighted by molar-refractivity contribution is 0.100. The van der Waals surface area contributed by atoms with Gasteiger partial charge in [-0.1, -0.05) is 182 Å². The molecule has 0 radical (unpaired) electrons. The van der Waals surface area contributed by atoms with Crippen molar-refractivity contribution in [3.8, 4) is 33.4 Å². The van der Waals surface area contributed by atoms with Gasteiger partial charge in [0.05, 0.1) is 0 Å². The second kappa shape index (κ2) is 13.5. The SMILES string of the molecule is O=C(c1ccccc1)c1c(C(=O)c2ccccc2)c(-c2ccccc2)c(-c2ccccc2)c(C(=O)c2ccccc2)c1-c1ccccc1. The molecule has 3 heteroatoms. The maximum atomic E-state index is 15.1. The van der Waals surface area contributed by atoms with Crippen molar-refractivity contribution in [2.75, 3.05) is 0 Å². The summed E-state index contributed by atoms with van der Waals surface area (Å²) in [5, 5.41) is 0. The lowest BCUT2D eigenvalue weighted by Gasteiger charge is -2.26. The zero-order valence-corrected chi connectivity index (χ0v) is 26.0. The van der Waals surface area contributed by atoms with Gasteiger partial charge < -0.3 is 0 Å². The van der Waals surface area contributed by atoms with E-state index in [1.165, 1.54) is 0 Å². The predicted molar refractivity (Wildman–Crippen MR) is 192 cm³/mol. The topological polar surface area (TPSA) is 51.2 Å². The lowest BCUT2D eigenvalue weighted by Crippen LogP contribution is -2.20. The normalized spacial score (nSPS) is 10.8. The Bertz CT molecular complexity index is 2230. The van der Waals surface area contributed by atoms with Gasteiger partial charge in [-0.2, -0.15) is 0 Å². The van der Waals surface area contributed by atoms with Gasteiger partial charge in [0.15, 0.2) is 17.3 Å². The first kappa shape index (κ1) is 30.2. The van der Waals surface area contributed by atoms with Crippen molar-refractivity contribution < 1.29 is 14.4 Å². The third-order valence-corrected chi connectivity index (χ3v) is 8.48. The van der Waals surface area contributed by atoms with Gasteiger partial charge in [-0.15, -0.1) is 0 Å². The summed E-state index contributed by atoms with van der Waals surface area (Å²) >= 11 is 0. The van der Waals surface area contributed by atoms with Gasteiger partial charge in [0, 0.05) is 50.1 Å². The van der Waals surface area contributed by atoms with Crippen LogP contribution in [0.1, 0.15) is 47.8 Å². The molecule has 0 amide bonds. The van der Waals surface area contributed by atoms with Gasteiger partial charge in [-0.05, 0) is 16.7 Å². The molecule has 0 heterocycles. The molecule has 0 saturated heterocycles. The minimum atomic E-state index is -0.340. The van der Waals surface area contributed by atoms with Crippen LogP contribution < -0.4 is 0 Å². The summed E-state index contributed by atoms with van der Waals surface area (Å²) in [4.78, 5) is 45.2. The molecule has 0 aliphatic heterocycles. The Hall–Kier alpha value is -6.45. The minimum Gasteiger partial charge on any atom is -0.289 e. The summed E-state index contributed by atoms with van der Waals surface area (Å²) in [5.74, 6) is -0.888. The molecule has 0 unspecified atom stereocenters. The molecular formula is C45H30O3. The smallest absolute Gasteiger partial charge is 0.194 e. The summed E-state index contributed by atoms with van der Waals surface area (Å²) in [6.45, 7) is 0. The zero-order valence-electron chi connectivity index (χ0n) is 26.0. The van der Waals surface area contributed by atoms with E-state index in [1.54, 1.807) is 48.5 Å². The molecule has 0 spiro atoms. The molecule has 7 aromatic rings. The first-order valence-corrected chi connectivity index (χ1v) is 15.8. The lowest BCUT2D eigenvalue weighted by atomic mass is 9.74. The van der Waals surface area contributed by atoms with Gasteiger partial charge in [0.2, 0.25) is 0 Å². The van der Waals surface area contributed by atoms with Gasteiger partial charge in [-0.25, -0.2) is 0 Å². The molecule has 0 saturated carbocycles. The highest BCUT2D eigenvalue weighted by molar-refractivity contribution is 6.30. The van der Waals surface area contributed by atoms with Gasteiger partial charge in [0.25, 0.3) is 0 Å². The second-order valence-electron chi connectivity index (χ2n) is 11.4. The average Bonchev–Trinajstić information content (AvgIpc) is 3.18. The van der Waals surface area contributed by atoms with Gasteiger partial charge in [-0.3, -0.25) is 14.4 Å². The van der Waals surface area contributed by atoms with Crippen molar-refractivity contribution in [2.45, 2.75) is 0 Å². The Labute approximate surface area is 279 Å². The van der Waals surface area contributed by atoms with Crippen LogP contribution in [0, 0.1) is 0 Å². The molecular weight excluding hydrogens is 588 g/mol. The first-order valence-electron chi connectivity index (χ1n) is 15.8. The molecule has 0 aliphatic rings. The fourth-order valence-corrected chi connectivity index (χ4v) is 6.31. The second-order valence-corrected chi connectivity index (χ2v) is 11.4. The summed E-state index contributed by atoms with van der Waals surface area (Å²) in [6.07, 6.45) is 0. The van der Waals surface area contributed by atoms with Crippen molar-refractivity contribution in [3.63, 3.8) is 0 Å². The van der Waals surface area contributed by atoms with Crippen LogP contribution in [0.3, 0.4) is 0 Å². The zero-order chi connectivity index (χ0) is 32.9. The Morgan fingerprint density at radius 2 is 0.479 bits per heavy atom.